The van der Waals surface area contributed by atoms with Crippen molar-refractivity contribution in [3.05, 3.63) is 0 Å². The van der Waals surface area contributed by atoms with E-state index in [1.807, 2.05) is 11.8 Å². The lowest BCUT2D eigenvalue weighted by molar-refractivity contribution is -0.137. The number of hydrogen-bond donors (Lipinski definition) is 1. The van der Waals surface area contributed by atoms with Gasteiger partial charge in [-0.1, -0.05) is 6.42 Å². The van der Waals surface area contributed by atoms with E-state index in [9.17, 15) is 4.79 Å². The Labute approximate surface area is 116 Å². The maximum atomic E-state index is 12.4. The molecule has 2 rings (SSSR count). The number of nitrogens with two attached hydrogens (primary N) is 1. The number of hydrogen-bond acceptors (Lipinski definition) is 3. The molecule has 0 bridgehead atoms. The number of carbonyl (C=O) groups excluding carboxylic acids is 1. The molecular weight excluding hydrogens is 252 g/mol. The summed E-state index contributed by atoms with van der Waals surface area (Å²) in [6.45, 7) is 4.40. The van der Waals surface area contributed by atoms with Gasteiger partial charge in [0, 0.05) is 25.7 Å². The van der Waals surface area contributed by atoms with Crippen LogP contribution in [0.4, 0.5) is 0 Å². The first-order valence-corrected chi connectivity index (χ1v) is 6.88. The molecule has 18 heavy (non-hydrogen) atoms. The van der Waals surface area contributed by atoms with E-state index in [0.29, 0.717) is 0 Å². The lowest BCUT2D eigenvalue weighted by atomic mass is 10.0. The molecule has 0 aromatic rings. The van der Waals surface area contributed by atoms with E-state index in [2.05, 4.69) is 0 Å². The molecule has 3 atom stereocenters. The molecule has 4 nitrogen and oxygen atoms in total. The van der Waals surface area contributed by atoms with E-state index in [0.717, 1.165) is 51.8 Å². The minimum Gasteiger partial charge on any atom is -0.376 e. The summed E-state index contributed by atoms with van der Waals surface area (Å²) >= 11 is 0. The first-order valence-electron chi connectivity index (χ1n) is 6.88. The summed E-state index contributed by atoms with van der Waals surface area (Å²) in [6.07, 6.45) is 5.50. The highest BCUT2D eigenvalue weighted by atomic mass is 35.5. The predicted octanol–water partition coefficient (Wildman–Crippen LogP) is 1.56. The molecule has 0 aromatic heterocycles. The summed E-state index contributed by atoms with van der Waals surface area (Å²) in [7, 11) is 0. The van der Waals surface area contributed by atoms with Gasteiger partial charge in [0.1, 0.15) is 0 Å². The summed E-state index contributed by atoms with van der Waals surface area (Å²) in [6, 6.07) is 0.0704. The fourth-order valence-corrected chi connectivity index (χ4v) is 2.94. The van der Waals surface area contributed by atoms with E-state index in [1.165, 1.54) is 0 Å². The molecule has 1 amide bonds. The number of ether oxygens (including phenoxy) is 1. The van der Waals surface area contributed by atoms with Crippen LogP contribution in [0.3, 0.4) is 0 Å². The Hall–Kier alpha value is -0.320. The normalized spacial score (nSPS) is 31.1. The van der Waals surface area contributed by atoms with Crippen molar-refractivity contribution in [1.82, 2.24) is 4.90 Å². The zero-order valence-corrected chi connectivity index (χ0v) is 12.0. The van der Waals surface area contributed by atoms with E-state index in [4.69, 9.17) is 10.5 Å². The molecule has 1 saturated carbocycles. The summed E-state index contributed by atoms with van der Waals surface area (Å²) in [5.41, 5.74) is 6.00. The predicted molar refractivity (Wildman–Crippen MR) is 73.8 cm³/mol. The lowest BCUT2D eigenvalue weighted by Crippen LogP contribution is -2.44. The summed E-state index contributed by atoms with van der Waals surface area (Å²) in [4.78, 5) is 14.3. The molecule has 106 valence electrons. The quantitative estimate of drug-likeness (QED) is 0.848. The number of halogens is 1. The molecule has 2 N–H and O–H groups in total. The molecular formula is C13H25ClN2O2. The molecule has 0 spiro atoms. The van der Waals surface area contributed by atoms with Gasteiger partial charge >= 0.3 is 0 Å². The van der Waals surface area contributed by atoms with Crippen LogP contribution < -0.4 is 5.73 Å². The summed E-state index contributed by atoms with van der Waals surface area (Å²) in [5.74, 6) is 0.296. The van der Waals surface area contributed by atoms with Crippen LogP contribution in [0.5, 0.6) is 0 Å². The van der Waals surface area contributed by atoms with E-state index >= 15 is 0 Å². The van der Waals surface area contributed by atoms with Gasteiger partial charge < -0.3 is 15.4 Å². The average molecular weight is 277 g/mol. The monoisotopic (exact) mass is 276 g/mol. The van der Waals surface area contributed by atoms with E-state index in [1.54, 1.807) is 0 Å². The fraction of sp³-hybridized carbons (Fsp3) is 0.923. The zero-order valence-electron chi connectivity index (χ0n) is 11.1. The maximum Gasteiger partial charge on any atom is 0.227 e. The standard InChI is InChI=1S/C13H24N2O2.ClH/c1-2-15(9-10-5-4-8-17-10)13(16)11-6-3-7-12(11)14;/h10-12H,2-9,14H2,1H3;1H. The summed E-state index contributed by atoms with van der Waals surface area (Å²) < 4.78 is 5.60. The number of nitrogens with zero attached hydrogens (tertiary/aromatic N) is 1. The van der Waals surface area contributed by atoms with Crippen LogP contribution in [-0.2, 0) is 9.53 Å². The van der Waals surface area contributed by atoms with Gasteiger partial charge in [0.2, 0.25) is 5.91 Å². The third-order valence-electron chi connectivity index (χ3n) is 4.03. The first-order chi connectivity index (χ1) is 8.22. The van der Waals surface area contributed by atoms with Crippen molar-refractivity contribution in [2.75, 3.05) is 19.7 Å². The molecule has 0 aromatic carbocycles. The van der Waals surface area contributed by atoms with Crippen LogP contribution in [0.25, 0.3) is 0 Å². The third kappa shape index (κ3) is 3.59. The number of amides is 1. The number of rotatable bonds is 4. The van der Waals surface area contributed by atoms with Gasteiger partial charge in [-0.05, 0) is 32.6 Å². The van der Waals surface area contributed by atoms with Crippen molar-refractivity contribution < 1.29 is 9.53 Å². The van der Waals surface area contributed by atoms with Crippen molar-refractivity contribution in [2.45, 2.75) is 51.2 Å². The molecule has 1 heterocycles. The SMILES string of the molecule is CCN(CC1CCCO1)C(=O)C1CCCC1N.Cl. The van der Waals surface area contributed by atoms with Crippen molar-refractivity contribution in [1.29, 1.82) is 0 Å². The van der Waals surface area contributed by atoms with Crippen molar-refractivity contribution in [3.8, 4) is 0 Å². The van der Waals surface area contributed by atoms with Crippen LogP contribution in [0.15, 0.2) is 0 Å². The first kappa shape index (κ1) is 15.7. The molecule has 5 heteroatoms. The van der Waals surface area contributed by atoms with Crippen LogP contribution in [0.1, 0.15) is 39.0 Å². The Bertz CT molecular complexity index is 270. The van der Waals surface area contributed by atoms with Crippen molar-refractivity contribution in [3.63, 3.8) is 0 Å². The van der Waals surface area contributed by atoms with Crippen molar-refractivity contribution >= 4 is 18.3 Å². The smallest absolute Gasteiger partial charge is 0.227 e. The Kier molecular flexibility index (Phi) is 6.39. The Balaban J connectivity index is 0.00000162. The zero-order chi connectivity index (χ0) is 12.3. The summed E-state index contributed by atoms with van der Waals surface area (Å²) in [5, 5.41) is 0. The second-order valence-corrected chi connectivity index (χ2v) is 5.21. The molecule has 2 aliphatic rings. The van der Waals surface area contributed by atoms with Gasteiger partial charge in [-0.2, -0.15) is 0 Å². The maximum absolute atomic E-state index is 12.4. The Morgan fingerprint density at radius 1 is 1.33 bits per heavy atom. The van der Waals surface area contributed by atoms with Crippen LogP contribution >= 0.6 is 12.4 Å². The molecule has 1 aliphatic heterocycles. The van der Waals surface area contributed by atoms with Gasteiger partial charge in [0.25, 0.3) is 0 Å². The molecule has 1 saturated heterocycles. The average Bonchev–Trinajstić information content (AvgIpc) is 2.96. The van der Waals surface area contributed by atoms with Gasteiger partial charge in [-0.25, -0.2) is 0 Å². The minimum absolute atomic E-state index is 0. The Morgan fingerprint density at radius 2 is 2.11 bits per heavy atom. The largest absolute Gasteiger partial charge is 0.376 e. The van der Waals surface area contributed by atoms with Gasteiger partial charge in [0.15, 0.2) is 0 Å². The van der Waals surface area contributed by atoms with Gasteiger partial charge in [-0.3, -0.25) is 4.79 Å². The molecule has 1 aliphatic carbocycles. The molecule has 0 radical (unpaired) electrons. The van der Waals surface area contributed by atoms with E-state index < -0.39 is 0 Å². The lowest BCUT2D eigenvalue weighted by Gasteiger charge is -2.28. The Morgan fingerprint density at radius 3 is 2.61 bits per heavy atom. The van der Waals surface area contributed by atoms with Gasteiger partial charge in [-0.15, -0.1) is 12.4 Å². The third-order valence-corrected chi connectivity index (χ3v) is 4.03. The highest BCUT2D eigenvalue weighted by molar-refractivity contribution is 5.85. The van der Waals surface area contributed by atoms with Crippen LogP contribution in [-0.4, -0.2) is 42.6 Å². The second-order valence-electron chi connectivity index (χ2n) is 5.21. The van der Waals surface area contributed by atoms with Crippen molar-refractivity contribution in [2.24, 2.45) is 11.7 Å². The van der Waals surface area contributed by atoms with Crippen LogP contribution in [0.2, 0.25) is 0 Å². The number of likely N-dealkylation sites (N-methyl/N-ethyl adjacent to an activating group) is 1. The van der Waals surface area contributed by atoms with Gasteiger partial charge in [0.05, 0.1) is 12.0 Å². The van der Waals surface area contributed by atoms with Crippen LogP contribution in [0, 0.1) is 5.92 Å². The fourth-order valence-electron chi connectivity index (χ4n) is 2.94. The minimum atomic E-state index is 0. The topological polar surface area (TPSA) is 55.6 Å². The highest BCUT2D eigenvalue weighted by Crippen LogP contribution is 2.26. The highest BCUT2D eigenvalue weighted by Gasteiger charge is 2.33. The van der Waals surface area contributed by atoms with E-state index in [-0.39, 0.29) is 36.4 Å². The molecule has 3 unspecified atom stereocenters. The number of carbonyl (C=O) groups is 1. The molecule has 2 fully saturated rings. The second kappa shape index (κ2) is 7.31.